The molecule has 5 aromatic rings. The molecule has 0 aliphatic heterocycles. The number of nitrogens with zero attached hydrogens (tertiary/aromatic N) is 6. The van der Waals surface area contributed by atoms with Crippen LogP contribution >= 0.6 is 0 Å². The zero-order chi connectivity index (χ0) is 22.2. The van der Waals surface area contributed by atoms with Crippen molar-refractivity contribution >= 4 is 22.8 Å². The van der Waals surface area contributed by atoms with Gasteiger partial charge in [0.05, 0.1) is 29.0 Å². The fourth-order valence-corrected chi connectivity index (χ4v) is 3.52. The second-order valence-corrected chi connectivity index (χ2v) is 7.09. The molecule has 0 fully saturated rings. The van der Waals surface area contributed by atoms with Gasteiger partial charge in [0.2, 0.25) is 12.3 Å². The molecule has 9 nitrogen and oxygen atoms in total. The van der Waals surface area contributed by atoms with Crippen LogP contribution in [0.15, 0.2) is 59.6 Å². The number of hydrogen-bond acceptors (Lipinski definition) is 7. The average Bonchev–Trinajstić information content (AvgIpc) is 3.41. The molecule has 0 saturated heterocycles. The lowest BCUT2D eigenvalue weighted by molar-refractivity contribution is 0.102. The van der Waals surface area contributed by atoms with E-state index < -0.39 is 11.7 Å². The smallest absolute Gasteiger partial charge is 0.260 e. The molecule has 3 aromatic heterocycles. The molecule has 0 spiro atoms. The van der Waals surface area contributed by atoms with Crippen molar-refractivity contribution in [3.63, 3.8) is 0 Å². The van der Waals surface area contributed by atoms with E-state index in [9.17, 15) is 9.18 Å². The van der Waals surface area contributed by atoms with Crippen molar-refractivity contribution in [3.8, 4) is 17.3 Å². The van der Waals surface area contributed by atoms with Crippen LogP contribution in [0.25, 0.3) is 28.3 Å². The van der Waals surface area contributed by atoms with Crippen molar-refractivity contribution in [1.82, 2.24) is 29.7 Å². The third-order valence-electron chi connectivity index (χ3n) is 4.99. The molecule has 5 rings (SSSR count). The normalized spacial score (nSPS) is 11.1. The van der Waals surface area contributed by atoms with E-state index in [2.05, 4.69) is 30.5 Å². The second-order valence-electron chi connectivity index (χ2n) is 7.09. The number of amides is 1. The second kappa shape index (κ2) is 7.65. The first-order valence-corrected chi connectivity index (χ1v) is 9.66. The van der Waals surface area contributed by atoms with Crippen molar-refractivity contribution in [1.29, 1.82) is 0 Å². The lowest BCUT2D eigenvalue weighted by Crippen LogP contribution is -2.16. The first-order valence-electron chi connectivity index (χ1n) is 9.66. The van der Waals surface area contributed by atoms with E-state index in [1.54, 1.807) is 19.1 Å². The average molecular weight is 429 g/mol. The summed E-state index contributed by atoms with van der Waals surface area (Å²) in [5.41, 5.74) is 2.82. The van der Waals surface area contributed by atoms with Crippen LogP contribution in [0.2, 0.25) is 0 Å². The molecule has 1 N–H and O–H groups in total. The highest BCUT2D eigenvalue weighted by molar-refractivity contribution is 6.04. The Hall–Kier alpha value is -4.47. The van der Waals surface area contributed by atoms with Gasteiger partial charge >= 0.3 is 0 Å². The standard InChI is InChI=1S/C22H16FN7O2/c1-12-4-3-5-15(23)20(12)21(31)28-18-9-25-19(10-24-18)30-13(2)27-16-8-14(6-7-17(16)30)22-29-26-11-32-22/h3-11H,1-2H3,(H,24,28,31). The van der Waals surface area contributed by atoms with Crippen LogP contribution in [0, 0.1) is 19.7 Å². The Balaban J connectivity index is 1.44. The molecule has 0 saturated carbocycles. The topological polar surface area (TPSA) is 112 Å². The minimum absolute atomic E-state index is 0.0214. The number of halogens is 1. The summed E-state index contributed by atoms with van der Waals surface area (Å²) in [5, 5.41) is 10.2. The SMILES string of the molecule is Cc1cccc(F)c1C(=O)Nc1cnc(-n2c(C)nc3cc(-c4nnco4)ccc32)cn1. The fourth-order valence-electron chi connectivity index (χ4n) is 3.52. The fraction of sp³-hybridized carbons (Fsp3) is 0.0909. The number of carbonyl (C=O) groups excluding carboxylic acids is 1. The van der Waals surface area contributed by atoms with E-state index in [1.165, 1.54) is 24.9 Å². The van der Waals surface area contributed by atoms with Crippen LogP contribution in [0.4, 0.5) is 10.2 Å². The summed E-state index contributed by atoms with van der Waals surface area (Å²) in [6, 6.07) is 10.1. The van der Waals surface area contributed by atoms with E-state index in [4.69, 9.17) is 4.42 Å². The zero-order valence-corrected chi connectivity index (χ0v) is 17.1. The Morgan fingerprint density at radius 2 is 2.00 bits per heavy atom. The van der Waals surface area contributed by atoms with Gasteiger partial charge in [-0.25, -0.2) is 19.3 Å². The van der Waals surface area contributed by atoms with Gasteiger partial charge in [0.25, 0.3) is 5.91 Å². The molecule has 2 aromatic carbocycles. The minimum Gasteiger partial charge on any atom is -0.423 e. The Morgan fingerprint density at radius 3 is 2.72 bits per heavy atom. The van der Waals surface area contributed by atoms with Gasteiger partial charge < -0.3 is 9.73 Å². The van der Waals surface area contributed by atoms with E-state index >= 15 is 0 Å². The highest BCUT2D eigenvalue weighted by Crippen LogP contribution is 2.25. The number of imidazole rings is 1. The van der Waals surface area contributed by atoms with Crippen LogP contribution in [-0.4, -0.2) is 35.6 Å². The number of carbonyl (C=O) groups is 1. The highest BCUT2D eigenvalue weighted by Gasteiger charge is 2.16. The van der Waals surface area contributed by atoms with Crippen LogP contribution in [-0.2, 0) is 0 Å². The number of fused-ring (bicyclic) bond motifs is 1. The number of benzene rings is 2. The van der Waals surface area contributed by atoms with Crippen molar-refractivity contribution in [2.24, 2.45) is 0 Å². The number of hydrogen-bond donors (Lipinski definition) is 1. The minimum atomic E-state index is -0.590. The van der Waals surface area contributed by atoms with Crippen LogP contribution in [0.5, 0.6) is 0 Å². The predicted molar refractivity (Wildman–Crippen MR) is 114 cm³/mol. The third kappa shape index (κ3) is 3.37. The summed E-state index contributed by atoms with van der Waals surface area (Å²) in [4.78, 5) is 25.7. The van der Waals surface area contributed by atoms with Gasteiger partial charge in [0.15, 0.2) is 11.6 Å². The van der Waals surface area contributed by atoms with Gasteiger partial charge in [0.1, 0.15) is 11.6 Å². The molecular formula is C22H16FN7O2. The summed E-state index contributed by atoms with van der Waals surface area (Å²) in [6.45, 7) is 3.52. The number of anilines is 1. The molecule has 0 aliphatic carbocycles. The van der Waals surface area contributed by atoms with Crippen LogP contribution in [0.1, 0.15) is 21.7 Å². The summed E-state index contributed by atoms with van der Waals surface area (Å²) in [7, 11) is 0. The molecule has 158 valence electrons. The van der Waals surface area contributed by atoms with E-state index in [-0.39, 0.29) is 11.4 Å². The summed E-state index contributed by atoms with van der Waals surface area (Å²) < 4.78 is 21.1. The molecule has 3 heterocycles. The Labute approximate surface area is 181 Å². The van der Waals surface area contributed by atoms with E-state index in [1.807, 2.05) is 29.7 Å². The molecule has 1 amide bonds. The van der Waals surface area contributed by atoms with Gasteiger partial charge in [-0.1, -0.05) is 12.1 Å². The quantitative estimate of drug-likeness (QED) is 0.461. The lowest BCUT2D eigenvalue weighted by Gasteiger charge is -2.09. The van der Waals surface area contributed by atoms with Crippen LogP contribution < -0.4 is 5.32 Å². The maximum atomic E-state index is 14.0. The zero-order valence-electron chi connectivity index (χ0n) is 17.1. The first-order chi connectivity index (χ1) is 15.5. The van der Waals surface area contributed by atoms with Gasteiger partial charge in [-0.3, -0.25) is 9.36 Å². The molecule has 0 radical (unpaired) electrons. The van der Waals surface area contributed by atoms with Crippen LogP contribution in [0.3, 0.4) is 0 Å². The molecule has 0 bridgehead atoms. The molecular weight excluding hydrogens is 413 g/mol. The first kappa shape index (κ1) is 19.5. The summed E-state index contributed by atoms with van der Waals surface area (Å²) >= 11 is 0. The van der Waals surface area contributed by atoms with Crippen molar-refractivity contribution < 1.29 is 13.6 Å². The third-order valence-corrected chi connectivity index (χ3v) is 4.99. The molecule has 10 heteroatoms. The maximum absolute atomic E-state index is 14.0. The van der Waals surface area contributed by atoms with E-state index in [0.29, 0.717) is 23.1 Å². The highest BCUT2D eigenvalue weighted by atomic mass is 19.1. The number of rotatable bonds is 4. The van der Waals surface area contributed by atoms with Gasteiger partial charge in [0, 0.05) is 5.56 Å². The predicted octanol–water partition coefficient (Wildman–Crippen LogP) is 3.87. The Morgan fingerprint density at radius 1 is 1.12 bits per heavy atom. The largest absolute Gasteiger partial charge is 0.423 e. The van der Waals surface area contributed by atoms with Gasteiger partial charge in [-0.05, 0) is 43.7 Å². The summed E-state index contributed by atoms with van der Waals surface area (Å²) in [6.07, 6.45) is 4.21. The number of nitrogens with one attached hydrogen (secondary N) is 1. The maximum Gasteiger partial charge on any atom is 0.260 e. The molecule has 0 aliphatic rings. The van der Waals surface area contributed by atoms with Crippen molar-refractivity contribution in [2.75, 3.05) is 5.32 Å². The van der Waals surface area contributed by atoms with Crippen molar-refractivity contribution in [3.05, 3.63) is 78.0 Å². The van der Waals surface area contributed by atoms with E-state index in [0.717, 1.165) is 16.6 Å². The molecule has 0 unspecified atom stereocenters. The lowest BCUT2D eigenvalue weighted by atomic mass is 10.1. The summed E-state index contributed by atoms with van der Waals surface area (Å²) in [5.74, 6) is 0.672. The Bertz CT molecular complexity index is 1420. The molecule has 32 heavy (non-hydrogen) atoms. The monoisotopic (exact) mass is 429 g/mol. The van der Waals surface area contributed by atoms with Gasteiger partial charge in [-0.2, -0.15) is 0 Å². The van der Waals surface area contributed by atoms with Gasteiger partial charge in [-0.15, -0.1) is 10.2 Å². The Kier molecular flexibility index (Phi) is 4.66. The molecule has 0 atom stereocenters. The van der Waals surface area contributed by atoms with Crippen molar-refractivity contribution in [2.45, 2.75) is 13.8 Å². The number of aryl methyl sites for hydroxylation is 2. The number of aromatic nitrogens is 6.